The number of nitrogens with one attached hydrogen (secondary N) is 3. The third kappa shape index (κ3) is 7.79. The number of aromatic nitrogens is 3. The molecule has 0 radical (unpaired) electrons. The number of aliphatic hydroxyl groups is 2. The van der Waals surface area contributed by atoms with E-state index in [1.165, 1.54) is 12.1 Å². The number of carboxylic acids is 2. The SMILES string of the molecule is NS(=O)(=O)c1ccc(CCNc2nc(NC(CO)C(=O)O)nc(NC(CO)C(=O)O)n2)cc1. The number of hydrogen-bond donors (Lipinski definition) is 8. The van der Waals surface area contributed by atoms with Gasteiger partial charge in [0.25, 0.3) is 0 Å². The maximum atomic E-state index is 11.3. The molecule has 0 aliphatic rings. The fraction of sp³-hybridized carbons (Fsp3) is 0.353. The van der Waals surface area contributed by atoms with Crippen LogP contribution >= 0.6 is 0 Å². The van der Waals surface area contributed by atoms with Gasteiger partial charge in [-0.15, -0.1) is 0 Å². The predicted molar refractivity (Wildman–Crippen MR) is 114 cm³/mol. The van der Waals surface area contributed by atoms with E-state index in [-0.39, 0.29) is 29.3 Å². The average molecular weight is 485 g/mol. The monoisotopic (exact) mass is 485 g/mol. The number of anilines is 3. The van der Waals surface area contributed by atoms with Crippen molar-refractivity contribution in [2.24, 2.45) is 5.14 Å². The molecule has 2 atom stereocenters. The van der Waals surface area contributed by atoms with Gasteiger partial charge in [0, 0.05) is 6.54 Å². The Labute approximate surface area is 187 Å². The van der Waals surface area contributed by atoms with Crippen LogP contribution in [-0.2, 0) is 26.0 Å². The second-order valence-corrected chi connectivity index (χ2v) is 8.17. The third-order valence-electron chi connectivity index (χ3n) is 4.15. The summed E-state index contributed by atoms with van der Waals surface area (Å²) in [5.41, 5.74) is 0.762. The van der Waals surface area contributed by atoms with Gasteiger partial charge in [0.2, 0.25) is 27.9 Å². The molecule has 2 unspecified atom stereocenters. The van der Waals surface area contributed by atoms with Crippen molar-refractivity contribution in [1.82, 2.24) is 15.0 Å². The first-order valence-corrected chi connectivity index (χ1v) is 10.9. The Kier molecular flexibility index (Phi) is 8.80. The molecule has 0 aliphatic carbocycles. The van der Waals surface area contributed by atoms with Gasteiger partial charge in [-0.1, -0.05) is 12.1 Å². The molecule has 0 amide bonds. The molecule has 0 fully saturated rings. The van der Waals surface area contributed by atoms with Gasteiger partial charge in [0.1, 0.15) is 0 Å². The van der Waals surface area contributed by atoms with Gasteiger partial charge in [0.15, 0.2) is 12.1 Å². The molecule has 1 aromatic carbocycles. The van der Waals surface area contributed by atoms with E-state index in [1.807, 2.05) is 0 Å². The first-order chi connectivity index (χ1) is 15.5. The fourth-order valence-electron chi connectivity index (χ4n) is 2.43. The highest BCUT2D eigenvalue weighted by Gasteiger charge is 2.21. The number of nitrogens with two attached hydrogens (primary N) is 1. The van der Waals surface area contributed by atoms with Crippen molar-refractivity contribution < 1.29 is 38.4 Å². The summed E-state index contributed by atoms with van der Waals surface area (Å²) >= 11 is 0. The first kappa shape index (κ1) is 25.7. The highest BCUT2D eigenvalue weighted by Crippen LogP contribution is 2.13. The minimum absolute atomic E-state index is 0.0307. The van der Waals surface area contributed by atoms with Crippen LogP contribution in [0.2, 0.25) is 0 Å². The van der Waals surface area contributed by atoms with Crippen molar-refractivity contribution in [3.05, 3.63) is 29.8 Å². The summed E-state index contributed by atoms with van der Waals surface area (Å²) in [7, 11) is -3.81. The number of nitrogens with zero attached hydrogens (tertiary/aromatic N) is 3. The van der Waals surface area contributed by atoms with Gasteiger partial charge < -0.3 is 36.4 Å². The maximum absolute atomic E-state index is 11.3. The van der Waals surface area contributed by atoms with E-state index in [1.54, 1.807) is 12.1 Å². The number of aliphatic carboxylic acids is 2. The second-order valence-electron chi connectivity index (χ2n) is 6.61. The highest BCUT2D eigenvalue weighted by atomic mass is 32.2. The lowest BCUT2D eigenvalue weighted by molar-refractivity contribution is -0.139. The van der Waals surface area contributed by atoms with Gasteiger partial charge in [-0.2, -0.15) is 15.0 Å². The highest BCUT2D eigenvalue weighted by molar-refractivity contribution is 7.89. The summed E-state index contributed by atoms with van der Waals surface area (Å²) in [6, 6.07) is 3.01. The van der Waals surface area contributed by atoms with Crippen molar-refractivity contribution in [3.8, 4) is 0 Å². The minimum Gasteiger partial charge on any atom is -0.480 e. The molecule has 2 rings (SSSR count). The smallest absolute Gasteiger partial charge is 0.328 e. The summed E-state index contributed by atoms with van der Waals surface area (Å²) < 4.78 is 22.6. The first-order valence-electron chi connectivity index (χ1n) is 9.35. The summed E-state index contributed by atoms with van der Waals surface area (Å²) in [5, 5.41) is 49.2. The average Bonchev–Trinajstić information content (AvgIpc) is 2.75. The lowest BCUT2D eigenvalue weighted by Crippen LogP contribution is -2.35. The van der Waals surface area contributed by atoms with E-state index >= 15 is 0 Å². The second kappa shape index (κ2) is 11.3. The van der Waals surface area contributed by atoms with Crippen LogP contribution in [0.1, 0.15) is 5.56 Å². The Morgan fingerprint density at radius 3 is 1.73 bits per heavy atom. The lowest BCUT2D eigenvalue weighted by Gasteiger charge is -2.16. The quantitative estimate of drug-likeness (QED) is 0.151. The molecule has 16 heteroatoms. The summed E-state index contributed by atoms with van der Waals surface area (Å²) in [4.78, 5) is 34.1. The van der Waals surface area contributed by atoms with E-state index in [0.717, 1.165) is 5.56 Å². The Balaban J connectivity index is 2.17. The standard InChI is InChI=1S/C17H23N7O8S/c18-33(31,32)10-3-1-9(2-4-10)5-6-19-15-22-16(20-11(7-25)13(27)28)24-17(23-15)21-12(8-26)14(29)30/h1-4,11-12,25-26H,5-8H2,(H,27,28)(H,29,30)(H2,18,31,32)(H3,19,20,21,22,23,24). The van der Waals surface area contributed by atoms with E-state index in [0.29, 0.717) is 6.42 Å². The van der Waals surface area contributed by atoms with Crippen LogP contribution in [0.25, 0.3) is 0 Å². The Morgan fingerprint density at radius 2 is 1.33 bits per heavy atom. The van der Waals surface area contributed by atoms with Crippen molar-refractivity contribution in [3.63, 3.8) is 0 Å². The molecule has 180 valence electrons. The van der Waals surface area contributed by atoms with E-state index in [4.69, 9.17) is 15.4 Å². The van der Waals surface area contributed by atoms with E-state index in [9.17, 15) is 28.2 Å². The van der Waals surface area contributed by atoms with Gasteiger partial charge in [-0.3, -0.25) is 0 Å². The van der Waals surface area contributed by atoms with Crippen LogP contribution in [0.5, 0.6) is 0 Å². The molecular formula is C17H23N7O8S. The maximum Gasteiger partial charge on any atom is 0.328 e. The molecule has 33 heavy (non-hydrogen) atoms. The van der Waals surface area contributed by atoms with Gasteiger partial charge >= 0.3 is 11.9 Å². The van der Waals surface area contributed by atoms with E-state index < -0.39 is 47.3 Å². The zero-order valence-corrected chi connectivity index (χ0v) is 17.9. The summed E-state index contributed by atoms with van der Waals surface area (Å²) in [6.45, 7) is -1.28. The Morgan fingerprint density at radius 1 is 0.879 bits per heavy atom. The molecule has 0 aliphatic heterocycles. The molecular weight excluding hydrogens is 462 g/mol. The molecule has 0 bridgehead atoms. The largest absolute Gasteiger partial charge is 0.480 e. The summed E-state index contributed by atoms with van der Waals surface area (Å²) in [6.07, 6.45) is 0.408. The van der Waals surface area contributed by atoms with Crippen LogP contribution in [0, 0.1) is 0 Å². The molecule has 15 nitrogen and oxygen atoms in total. The van der Waals surface area contributed by atoms with Crippen molar-refractivity contribution in [1.29, 1.82) is 0 Å². The number of benzene rings is 1. The molecule has 9 N–H and O–H groups in total. The van der Waals surface area contributed by atoms with Gasteiger partial charge in [-0.25, -0.2) is 23.1 Å². The zero-order valence-electron chi connectivity index (χ0n) is 17.0. The normalized spacial score (nSPS) is 13.1. The molecule has 0 saturated heterocycles. The van der Waals surface area contributed by atoms with Gasteiger partial charge in [-0.05, 0) is 24.1 Å². The lowest BCUT2D eigenvalue weighted by atomic mass is 10.1. The minimum atomic E-state index is -3.81. The zero-order chi connectivity index (χ0) is 24.6. The van der Waals surface area contributed by atoms with Crippen molar-refractivity contribution in [2.45, 2.75) is 23.4 Å². The number of carboxylic acid groups (broad SMARTS) is 2. The number of carbonyl (C=O) groups is 2. The van der Waals surface area contributed by atoms with Crippen LogP contribution in [-0.4, -0.2) is 87.6 Å². The molecule has 1 heterocycles. The Bertz CT molecular complexity index is 1040. The van der Waals surface area contributed by atoms with Crippen LogP contribution < -0.4 is 21.1 Å². The molecule has 1 aromatic heterocycles. The van der Waals surface area contributed by atoms with E-state index in [2.05, 4.69) is 30.9 Å². The molecule has 2 aromatic rings. The van der Waals surface area contributed by atoms with Gasteiger partial charge in [0.05, 0.1) is 18.1 Å². The third-order valence-corrected chi connectivity index (χ3v) is 5.08. The topological polar surface area (TPSA) is 250 Å². The number of hydrogen-bond acceptors (Lipinski definition) is 12. The summed E-state index contributed by atoms with van der Waals surface area (Å²) in [5.74, 6) is -3.33. The van der Waals surface area contributed by atoms with Crippen molar-refractivity contribution in [2.75, 3.05) is 35.7 Å². The number of aliphatic hydroxyl groups excluding tert-OH is 2. The van der Waals surface area contributed by atoms with Crippen molar-refractivity contribution >= 4 is 39.8 Å². The van der Waals surface area contributed by atoms with Crippen LogP contribution in [0.15, 0.2) is 29.2 Å². The number of rotatable bonds is 13. The molecule has 0 spiro atoms. The fourth-order valence-corrected chi connectivity index (χ4v) is 2.95. The predicted octanol–water partition coefficient (Wildman–Crippen LogP) is -2.11. The molecule has 0 saturated carbocycles. The van der Waals surface area contributed by atoms with Crippen LogP contribution in [0.4, 0.5) is 17.8 Å². The number of sulfonamides is 1. The van der Waals surface area contributed by atoms with Crippen LogP contribution in [0.3, 0.4) is 0 Å². The number of primary sulfonamides is 1. The Hall–Kier alpha value is -3.60.